The molecule has 7 heteroatoms. The van der Waals surface area contributed by atoms with Crippen molar-refractivity contribution in [3.05, 3.63) is 59.7 Å². The zero-order valence-electron chi connectivity index (χ0n) is 19.1. The molecule has 0 aliphatic heterocycles. The SMILES string of the molecule is O=C(CC1(NC(=O)OCC2c3ccccc3-c3ccccc32)CC1)NCC(C(=O)O)C1CCC1. The van der Waals surface area contributed by atoms with Gasteiger partial charge in [-0.2, -0.15) is 0 Å². The molecule has 3 aliphatic rings. The van der Waals surface area contributed by atoms with Crippen LogP contribution in [0.3, 0.4) is 0 Å². The zero-order chi connectivity index (χ0) is 23.7. The largest absolute Gasteiger partial charge is 0.481 e. The Bertz CT molecular complexity index is 1060. The number of amides is 2. The van der Waals surface area contributed by atoms with E-state index >= 15 is 0 Å². The quantitative estimate of drug-likeness (QED) is 0.521. The lowest BCUT2D eigenvalue weighted by molar-refractivity contribution is -0.144. The molecule has 2 amide bonds. The molecular weight excluding hydrogens is 432 g/mol. The zero-order valence-corrected chi connectivity index (χ0v) is 19.1. The molecule has 2 aromatic carbocycles. The monoisotopic (exact) mass is 462 g/mol. The number of hydrogen-bond donors (Lipinski definition) is 3. The average molecular weight is 463 g/mol. The fourth-order valence-electron chi connectivity index (χ4n) is 5.24. The van der Waals surface area contributed by atoms with Crippen LogP contribution in [0.25, 0.3) is 11.1 Å². The molecule has 1 unspecified atom stereocenters. The highest BCUT2D eigenvalue weighted by atomic mass is 16.5. The number of carboxylic acids is 1. The Balaban J connectivity index is 1.13. The van der Waals surface area contributed by atoms with E-state index in [1.54, 1.807) is 0 Å². The highest BCUT2D eigenvalue weighted by molar-refractivity contribution is 5.81. The van der Waals surface area contributed by atoms with Gasteiger partial charge in [-0.3, -0.25) is 9.59 Å². The molecule has 0 aromatic heterocycles. The molecule has 5 rings (SSSR count). The normalized spacial score (nSPS) is 18.7. The van der Waals surface area contributed by atoms with Gasteiger partial charge in [0.25, 0.3) is 0 Å². The summed E-state index contributed by atoms with van der Waals surface area (Å²) in [4.78, 5) is 36.6. The minimum atomic E-state index is -0.858. The topological polar surface area (TPSA) is 105 Å². The van der Waals surface area contributed by atoms with Crippen molar-refractivity contribution in [3.63, 3.8) is 0 Å². The Morgan fingerprint density at radius 2 is 1.62 bits per heavy atom. The third-order valence-electron chi connectivity index (χ3n) is 7.62. The predicted molar refractivity (Wildman–Crippen MR) is 126 cm³/mol. The molecule has 34 heavy (non-hydrogen) atoms. The number of alkyl carbamates (subject to hydrolysis) is 1. The molecule has 3 aliphatic carbocycles. The summed E-state index contributed by atoms with van der Waals surface area (Å²) >= 11 is 0. The lowest BCUT2D eigenvalue weighted by Gasteiger charge is -2.31. The molecule has 0 spiro atoms. The van der Waals surface area contributed by atoms with Crippen LogP contribution in [0.4, 0.5) is 4.79 Å². The van der Waals surface area contributed by atoms with Gasteiger partial charge >= 0.3 is 12.1 Å². The summed E-state index contributed by atoms with van der Waals surface area (Å²) in [6.07, 6.45) is 3.87. The summed E-state index contributed by atoms with van der Waals surface area (Å²) in [5, 5.41) is 15.1. The van der Waals surface area contributed by atoms with Crippen LogP contribution in [0.5, 0.6) is 0 Å². The van der Waals surface area contributed by atoms with Crippen LogP contribution < -0.4 is 10.6 Å². The highest BCUT2D eigenvalue weighted by Gasteiger charge is 2.46. The van der Waals surface area contributed by atoms with Crippen molar-refractivity contribution in [2.24, 2.45) is 11.8 Å². The first-order chi connectivity index (χ1) is 16.5. The molecule has 7 nitrogen and oxygen atoms in total. The third-order valence-corrected chi connectivity index (χ3v) is 7.62. The molecular formula is C27H30N2O5. The lowest BCUT2D eigenvalue weighted by atomic mass is 9.76. The fourth-order valence-corrected chi connectivity index (χ4v) is 5.24. The standard InChI is InChI=1S/C27H30N2O5/c30-24(28-15-22(25(31)32)17-6-5-7-17)14-27(12-13-27)29-26(33)34-16-23-20-10-3-1-8-18(20)19-9-2-4-11-21(19)23/h1-4,8-11,17,22-23H,5-7,12-16H2,(H,28,30)(H,29,33)(H,31,32). The van der Waals surface area contributed by atoms with Crippen molar-refractivity contribution in [2.75, 3.05) is 13.2 Å². The van der Waals surface area contributed by atoms with E-state index in [2.05, 4.69) is 34.9 Å². The second-order valence-electron chi connectivity index (χ2n) is 9.85. The minimum absolute atomic E-state index is 0.0175. The number of rotatable bonds is 9. The lowest BCUT2D eigenvalue weighted by Crippen LogP contribution is -2.44. The molecule has 2 saturated carbocycles. The van der Waals surface area contributed by atoms with E-state index in [9.17, 15) is 19.5 Å². The maximum atomic E-state index is 12.6. The van der Waals surface area contributed by atoms with E-state index in [1.807, 2.05) is 24.3 Å². The van der Waals surface area contributed by atoms with Crippen molar-refractivity contribution < 1.29 is 24.2 Å². The predicted octanol–water partition coefficient (Wildman–Crippen LogP) is 4.06. The summed E-state index contributed by atoms with van der Waals surface area (Å²) < 4.78 is 5.62. The van der Waals surface area contributed by atoms with Crippen LogP contribution in [-0.2, 0) is 14.3 Å². The minimum Gasteiger partial charge on any atom is -0.481 e. The smallest absolute Gasteiger partial charge is 0.407 e. The Morgan fingerprint density at radius 3 is 2.15 bits per heavy atom. The van der Waals surface area contributed by atoms with Crippen LogP contribution in [0.1, 0.15) is 55.6 Å². The summed E-state index contributed by atoms with van der Waals surface area (Å²) in [6, 6.07) is 16.3. The van der Waals surface area contributed by atoms with E-state index in [0.717, 1.165) is 30.4 Å². The van der Waals surface area contributed by atoms with Gasteiger partial charge in [0.05, 0.1) is 11.5 Å². The van der Waals surface area contributed by atoms with Gasteiger partial charge in [0.1, 0.15) is 6.61 Å². The second kappa shape index (κ2) is 9.12. The van der Waals surface area contributed by atoms with Gasteiger partial charge in [-0.1, -0.05) is 55.0 Å². The van der Waals surface area contributed by atoms with Crippen molar-refractivity contribution in [1.29, 1.82) is 0 Å². The average Bonchev–Trinajstić information content (AvgIpc) is 3.45. The summed E-state index contributed by atoms with van der Waals surface area (Å²) in [7, 11) is 0. The van der Waals surface area contributed by atoms with Gasteiger partial charge in [0.2, 0.25) is 5.91 Å². The van der Waals surface area contributed by atoms with E-state index in [0.29, 0.717) is 12.8 Å². The Morgan fingerprint density at radius 1 is 1.00 bits per heavy atom. The van der Waals surface area contributed by atoms with E-state index in [4.69, 9.17) is 4.74 Å². The van der Waals surface area contributed by atoms with Crippen molar-refractivity contribution in [1.82, 2.24) is 10.6 Å². The molecule has 0 bridgehead atoms. The first-order valence-corrected chi connectivity index (χ1v) is 12.1. The number of nitrogens with one attached hydrogen (secondary N) is 2. The molecule has 178 valence electrons. The number of carboxylic acid groups (broad SMARTS) is 1. The molecule has 0 heterocycles. The van der Waals surface area contributed by atoms with Gasteiger partial charge in [-0.05, 0) is 53.9 Å². The molecule has 1 atom stereocenters. The Hall–Kier alpha value is -3.35. The first kappa shape index (κ1) is 22.4. The summed E-state index contributed by atoms with van der Waals surface area (Å²) in [6.45, 7) is 0.365. The summed E-state index contributed by atoms with van der Waals surface area (Å²) in [5.41, 5.74) is 4.04. The molecule has 0 saturated heterocycles. The number of carbonyl (C=O) groups is 3. The first-order valence-electron chi connectivity index (χ1n) is 12.1. The maximum absolute atomic E-state index is 12.6. The summed E-state index contributed by atoms with van der Waals surface area (Å²) in [5.74, 6) is -1.50. The second-order valence-corrected chi connectivity index (χ2v) is 9.85. The highest BCUT2D eigenvalue weighted by Crippen LogP contribution is 2.44. The van der Waals surface area contributed by atoms with Crippen LogP contribution >= 0.6 is 0 Å². The van der Waals surface area contributed by atoms with Gasteiger partial charge in [0.15, 0.2) is 0 Å². The van der Waals surface area contributed by atoms with Gasteiger partial charge in [-0.25, -0.2) is 4.79 Å². The van der Waals surface area contributed by atoms with Crippen molar-refractivity contribution >= 4 is 18.0 Å². The molecule has 0 radical (unpaired) electrons. The van der Waals surface area contributed by atoms with Gasteiger partial charge in [0, 0.05) is 18.9 Å². The fraction of sp³-hybridized carbons (Fsp3) is 0.444. The number of benzene rings is 2. The number of aliphatic carboxylic acids is 1. The van der Waals surface area contributed by atoms with Crippen LogP contribution in [0.15, 0.2) is 48.5 Å². The van der Waals surface area contributed by atoms with E-state index in [-0.39, 0.29) is 37.3 Å². The van der Waals surface area contributed by atoms with E-state index in [1.165, 1.54) is 11.1 Å². The number of hydrogen-bond acceptors (Lipinski definition) is 4. The van der Waals surface area contributed by atoms with Crippen molar-refractivity contribution in [3.8, 4) is 11.1 Å². The van der Waals surface area contributed by atoms with Crippen LogP contribution in [0, 0.1) is 11.8 Å². The van der Waals surface area contributed by atoms with Crippen LogP contribution in [0.2, 0.25) is 0 Å². The Kier molecular flexibility index (Phi) is 6.02. The number of carbonyl (C=O) groups excluding carboxylic acids is 2. The molecule has 2 aromatic rings. The van der Waals surface area contributed by atoms with E-state index < -0.39 is 23.5 Å². The van der Waals surface area contributed by atoms with Gasteiger partial charge in [-0.15, -0.1) is 0 Å². The Labute approximate surface area is 198 Å². The molecule has 3 N–H and O–H groups in total. The third kappa shape index (κ3) is 4.52. The molecule has 2 fully saturated rings. The maximum Gasteiger partial charge on any atom is 0.407 e. The van der Waals surface area contributed by atoms with Crippen molar-refractivity contribution in [2.45, 2.75) is 50.0 Å². The van der Waals surface area contributed by atoms with Crippen LogP contribution in [-0.4, -0.2) is 41.8 Å². The number of ether oxygens (including phenoxy) is 1. The van der Waals surface area contributed by atoms with Gasteiger partial charge < -0.3 is 20.5 Å². The number of fused-ring (bicyclic) bond motifs is 3.